The number of anilines is 2. The molecule has 2 aromatic carbocycles. The number of hydrogen-bond acceptors (Lipinski definition) is 3. The molecule has 2 aromatic rings. The summed E-state index contributed by atoms with van der Waals surface area (Å²) in [5.41, 5.74) is 2.43. The van der Waals surface area contributed by atoms with Crippen molar-refractivity contribution in [1.82, 2.24) is 0 Å². The summed E-state index contributed by atoms with van der Waals surface area (Å²) in [6.45, 7) is 1.84. The van der Waals surface area contributed by atoms with E-state index in [1.54, 1.807) is 42.5 Å². The zero-order valence-electron chi connectivity index (χ0n) is 16.9. The van der Waals surface area contributed by atoms with E-state index in [0.29, 0.717) is 33.8 Å². The van der Waals surface area contributed by atoms with Crippen LogP contribution in [0.2, 0.25) is 5.02 Å². The molecule has 4 aliphatic carbocycles. The van der Waals surface area contributed by atoms with Crippen LogP contribution in [-0.4, -0.2) is 17.7 Å². The maximum atomic E-state index is 13.2. The molecule has 0 unspecified atom stereocenters. The molecule has 6 heteroatoms. The number of nitrogens with one attached hydrogen (secondary N) is 1. The molecule has 5 aliphatic rings. The molecule has 0 spiro atoms. The molecule has 7 rings (SSSR count). The number of carbonyl (C=O) groups is 3. The Morgan fingerprint density at radius 1 is 0.968 bits per heavy atom. The highest BCUT2D eigenvalue weighted by atomic mass is 35.5. The molecule has 3 fully saturated rings. The summed E-state index contributed by atoms with van der Waals surface area (Å²) in [6, 6.07) is 12.0. The number of imide groups is 1. The van der Waals surface area contributed by atoms with Gasteiger partial charge in [-0.3, -0.25) is 19.3 Å². The summed E-state index contributed by atoms with van der Waals surface area (Å²) in [6.07, 6.45) is 5.48. The van der Waals surface area contributed by atoms with Crippen molar-refractivity contribution < 1.29 is 14.4 Å². The Kier molecular flexibility index (Phi) is 3.97. The molecule has 6 atom stereocenters. The maximum Gasteiger partial charge on any atom is 0.255 e. The van der Waals surface area contributed by atoms with Crippen LogP contribution in [0.5, 0.6) is 0 Å². The van der Waals surface area contributed by atoms with Gasteiger partial charge in [0.05, 0.1) is 17.5 Å². The topological polar surface area (TPSA) is 66.5 Å². The van der Waals surface area contributed by atoms with Crippen LogP contribution in [0, 0.1) is 42.4 Å². The van der Waals surface area contributed by atoms with E-state index in [-0.39, 0.29) is 41.4 Å². The van der Waals surface area contributed by atoms with Gasteiger partial charge in [0.15, 0.2) is 0 Å². The van der Waals surface area contributed by atoms with Gasteiger partial charge in [0.25, 0.3) is 5.91 Å². The van der Waals surface area contributed by atoms with Gasteiger partial charge in [-0.1, -0.05) is 29.8 Å². The van der Waals surface area contributed by atoms with E-state index < -0.39 is 0 Å². The third kappa shape index (κ3) is 2.66. The van der Waals surface area contributed by atoms with Crippen LogP contribution in [0.3, 0.4) is 0 Å². The second kappa shape index (κ2) is 6.54. The summed E-state index contributed by atoms with van der Waals surface area (Å²) in [5.74, 6) is 0.660. The highest BCUT2D eigenvalue weighted by Crippen LogP contribution is 2.65. The van der Waals surface area contributed by atoms with Gasteiger partial charge < -0.3 is 5.32 Å². The molecule has 0 aromatic heterocycles. The highest BCUT2D eigenvalue weighted by molar-refractivity contribution is 6.31. The number of carbonyl (C=O) groups excluding carboxylic acids is 3. The molecule has 5 nitrogen and oxygen atoms in total. The van der Waals surface area contributed by atoms with E-state index in [0.717, 1.165) is 12.0 Å². The summed E-state index contributed by atoms with van der Waals surface area (Å²) >= 11 is 6.13. The SMILES string of the molecule is Cc1c(Cl)cccc1NC(=O)c1ccc(N2C(=O)[C@@H]3[C@H]4C=C[C@@H]([C@@H]5C[C@@H]45)[C@@H]3C2=O)cc1. The first-order valence-corrected chi connectivity index (χ1v) is 11.1. The minimum absolute atomic E-state index is 0.0912. The van der Waals surface area contributed by atoms with E-state index >= 15 is 0 Å². The van der Waals surface area contributed by atoms with Gasteiger partial charge in [-0.25, -0.2) is 0 Å². The van der Waals surface area contributed by atoms with Crippen molar-refractivity contribution >= 4 is 40.7 Å². The molecule has 156 valence electrons. The Hall–Kier alpha value is -2.92. The van der Waals surface area contributed by atoms with E-state index in [4.69, 9.17) is 11.6 Å². The van der Waals surface area contributed by atoms with Crippen LogP contribution in [0.15, 0.2) is 54.6 Å². The van der Waals surface area contributed by atoms with Crippen LogP contribution >= 0.6 is 11.6 Å². The quantitative estimate of drug-likeness (QED) is 0.575. The van der Waals surface area contributed by atoms with Gasteiger partial charge in [-0.15, -0.1) is 0 Å². The lowest BCUT2D eigenvalue weighted by molar-refractivity contribution is -0.124. The molecule has 1 heterocycles. The minimum Gasteiger partial charge on any atom is -0.322 e. The van der Waals surface area contributed by atoms with Crippen molar-refractivity contribution in [3.05, 3.63) is 70.8 Å². The zero-order chi connectivity index (χ0) is 21.4. The summed E-state index contributed by atoms with van der Waals surface area (Å²) in [4.78, 5) is 40.4. The molecular weight excluding hydrogens is 412 g/mol. The fraction of sp³-hybridized carbons (Fsp3) is 0.320. The molecule has 1 aliphatic heterocycles. The first-order chi connectivity index (χ1) is 15.0. The number of allylic oxidation sites excluding steroid dienone is 2. The number of benzene rings is 2. The van der Waals surface area contributed by atoms with Crippen molar-refractivity contribution in [2.45, 2.75) is 13.3 Å². The van der Waals surface area contributed by atoms with E-state index in [1.165, 1.54) is 4.90 Å². The number of rotatable bonds is 3. The van der Waals surface area contributed by atoms with Crippen LogP contribution in [-0.2, 0) is 9.59 Å². The van der Waals surface area contributed by atoms with E-state index in [2.05, 4.69) is 17.5 Å². The van der Waals surface area contributed by atoms with Gasteiger partial charge >= 0.3 is 0 Å². The molecule has 3 amide bonds. The van der Waals surface area contributed by atoms with Gasteiger partial charge in [-0.2, -0.15) is 0 Å². The Bertz CT molecular complexity index is 1140. The lowest BCUT2D eigenvalue weighted by Crippen LogP contribution is -2.40. The van der Waals surface area contributed by atoms with E-state index in [9.17, 15) is 14.4 Å². The highest BCUT2D eigenvalue weighted by Gasteiger charge is 2.67. The fourth-order valence-corrected chi connectivity index (χ4v) is 6.09. The summed E-state index contributed by atoms with van der Waals surface area (Å²) in [7, 11) is 0. The largest absolute Gasteiger partial charge is 0.322 e. The average Bonchev–Trinajstić information content (AvgIpc) is 3.55. The normalized spacial score (nSPS) is 32.1. The van der Waals surface area contributed by atoms with Gasteiger partial charge in [0.2, 0.25) is 11.8 Å². The Balaban J connectivity index is 1.24. The lowest BCUT2D eigenvalue weighted by atomic mass is 9.63. The number of nitrogens with zero attached hydrogens (tertiary/aromatic N) is 1. The van der Waals surface area contributed by atoms with Crippen LogP contribution in [0.4, 0.5) is 11.4 Å². The van der Waals surface area contributed by atoms with Crippen LogP contribution in [0.1, 0.15) is 22.3 Å². The minimum atomic E-state index is -0.271. The van der Waals surface area contributed by atoms with Crippen molar-refractivity contribution in [3.8, 4) is 0 Å². The van der Waals surface area contributed by atoms with Gasteiger partial charge in [0, 0.05) is 16.3 Å². The van der Waals surface area contributed by atoms with Crippen molar-refractivity contribution in [1.29, 1.82) is 0 Å². The molecule has 2 saturated carbocycles. The molecule has 2 bridgehead atoms. The summed E-state index contributed by atoms with van der Waals surface area (Å²) in [5, 5.41) is 3.45. The van der Waals surface area contributed by atoms with Gasteiger partial charge in [0.1, 0.15) is 0 Å². The molecule has 0 radical (unpaired) electrons. The zero-order valence-corrected chi connectivity index (χ0v) is 17.7. The Morgan fingerprint density at radius 2 is 1.58 bits per heavy atom. The third-order valence-corrected chi connectivity index (χ3v) is 7.98. The van der Waals surface area contributed by atoms with Gasteiger partial charge in [-0.05, 0) is 79.0 Å². The fourth-order valence-electron chi connectivity index (χ4n) is 5.91. The van der Waals surface area contributed by atoms with Crippen LogP contribution < -0.4 is 10.2 Å². The smallest absolute Gasteiger partial charge is 0.255 e. The predicted octanol–water partition coefficient (Wildman–Crippen LogP) is 4.46. The maximum absolute atomic E-state index is 13.2. The Labute approximate surface area is 185 Å². The molecule has 1 saturated heterocycles. The third-order valence-electron chi connectivity index (χ3n) is 7.57. The average molecular weight is 433 g/mol. The monoisotopic (exact) mass is 432 g/mol. The van der Waals surface area contributed by atoms with Crippen LogP contribution in [0.25, 0.3) is 0 Å². The predicted molar refractivity (Wildman–Crippen MR) is 118 cm³/mol. The van der Waals surface area contributed by atoms with Crippen molar-refractivity contribution in [2.24, 2.45) is 35.5 Å². The number of halogens is 1. The summed E-state index contributed by atoms with van der Waals surface area (Å²) < 4.78 is 0. The number of amides is 3. The first kappa shape index (κ1) is 18.8. The second-order valence-corrected chi connectivity index (χ2v) is 9.49. The first-order valence-electron chi connectivity index (χ1n) is 10.7. The lowest BCUT2D eigenvalue weighted by Gasteiger charge is -2.37. The number of hydrogen-bond donors (Lipinski definition) is 1. The van der Waals surface area contributed by atoms with E-state index in [1.807, 2.05) is 6.92 Å². The molecule has 1 N–H and O–H groups in total. The Morgan fingerprint density at radius 3 is 2.19 bits per heavy atom. The second-order valence-electron chi connectivity index (χ2n) is 9.08. The molecule has 31 heavy (non-hydrogen) atoms. The molecular formula is C25H21ClN2O3. The standard InChI is InChI=1S/C25H21ClN2O3/c1-12-19(26)3-2-4-20(12)27-23(29)13-5-7-14(8-6-13)28-24(30)21-15-9-10-16(18-11-17(15)18)22(21)25(28)31/h2-10,15-18,21-22H,11H2,1H3,(H,27,29)/t15-,16-,17-,18-,21-,22+/m0/s1. The van der Waals surface area contributed by atoms with Crippen molar-refractivity contribution in [2.75, 3.05) is 10.2 Å². The van der Waals surface area contributed by atoms with Crippen molar-refractivity contribution in [3.63, 3.8) is 0 Å².